The van der Waals surface area contributed by atoms with Crippen LogP contribution in [-0.2, 0) is 10.6 Å². The minimum Gasteiger partial charge on any atom is -0.475 e. The van der Waals surface area contributed by atoms with Crippen LogP contribution in [0.5, 0.6) is 5.88 Å². The van der Waals surface area contributed by atoms with Crippen molar-refractivity contribution in [2.75, 3.05) is 13.2 Å². The van der Waals surface area contributed by atoms with Crippen LogP contribution < -0.4 is 4.74 Å². The van der Waals surface area contributed by atoms with E-state index in [9.17, 15) is 0 Å². The van der Waals surface area contributed by atoms with Gasteiger partial charge in [0.05, 0.1) is 22.7 Å². The van der Waals surface area contributed by atoms with Crippen LogP contribution in [0.4, 0.5) is 0 Å². The molecule has 0 bridgehead atoms. The van der Waals surface area contributed by atoms with Gasteiger partial charge in [0.15, 0.2) is 0 Å². The van der Waals surface area contributed by atoms with E-state index in [1.807, 2.05) is 0 Å². The van der Waals surface area contributed by atoms with E-state index in [2.05, 4.69) is 4.98 Å². The number of hydrogen-bond donors (Lipinski definition) is 0. The van der Waals surface area contributed by atoms with Gasteiger partial charge in [-0.15, -0.1) is 11.6 Å². The number of ether oxygens (including phenoxy) is 2. The highest BCUT2D eigenvalue weighted by Gasteiger charge is 2.14. The molecule has 17 heavy (non-hydrogen) atoms. The first-order chi connectivity index (χ1) is 8.29. The van der Waals surface area contributed by atoms with Gasteiger partial charge in [0, 0.05) is 12.7 Å². The van der Waals surface area contributed by atoms with Crippen molar-refractivity contribution in [1.82, 2.24) is 4.98 Å². The van der Waals surface area contributed by atoms with E-state index >= 15 is 0 Å². The largest absolute Gasteiger partial charge is 0.475 e. The van der Waals surface area contributed by atoms with Crippen LogP contribution in [-0.4, -0.2) is 24.3 Å². The Balaban J connectivity index is 1.89. The Labute approximate surface area is 111 Å². The van der Waals surface area contributed by atoms with E-state index in [1.165, 1.54) is 6.42 Å². The molecule has 0 radical (unpaired) electrons. The van der Waals surface area contributed by atoms with Gasteiger partial charge in [-0.25, -0.2) is 4.98 Å². The number of alkyl halides is 1. The average Bonchev–Trinajstić information content (AvgIpc) is 2.39. The molecule has 3 nitrogen and oxygen atoms in total. The molecule has 0 N–H and O–H groups in total. The molecule has 0 spiro atoms. The lowest BCUT2D eigenvalue weighted by molar-refractivity contribution is -0.0119. The molecule has 0 aliphatic carbocycles. The number of halogens is 2. The van der Waals surface area contributed by atoms with E-state index in [4.69, 9.17) is 32.7 Å². The highest BCUT2D eigenvalue weighted by molar-refractivity contribution is 6.32. The molecule has 5 heteroatoms. The van der Waals surface area contributed by atoms with Gasteiger partial charge in [0.2, 0.25) is 5.88 Å². The Kier molecular flexibility index (Phi) is 4.89. The summed E-state index contributed by atoms with van der Waals surface area (Å²) in [6.07, 6.45) is 3.58. The van der Waals surface area contributed by atoms with E-state index in [0.717, 1.165) is 19.4 Å². The van der Waals surface area contributed by atoms with Gasteiger partial charge in [0.25, 0.3) is 0 Å². The second kappa shape index (κ2) is 6.43. The van der Waals surface area contributed by atoms with Crippen molar-refractivity contribution < 1.29 is 9.47 Å². The standard InChI is InChI=1S/C12H15Cl2NO2/c13-7-11-10(14)4-5-12(15-11)17-8-9-3-1-2-6-16-9/h4-5,9H,1-3,6-8H2. The highest BCUT2D eigenvalue weighted by atomic mass is 35.5. The fourth-order valence-corrected chi connectivity index (χ4v) is 2.20. The first-order valence-electron chi connectivity index (χ1n) is 5.75. The maximum Gasteiger partial charge on any atom is 0.213 e. The summed E-state index contributed by atoms with van der Waals surface area (Å²) in [7, 11) is 0. The summed E-state index contributed by atoms with van der Waals surface area (Å²) in [6, 6.07) is 3.50. The molecule has 0 aromatic carbocycles. The van der Waals surface area contributed by atoms with Crippen LogP contribution in [0.25, 0.3) is 0 Å². The fourth-order valence-electron chi connectivity index (χ4n) is 1.76. The molecular weight excluding hydrogens is 261 g/mol. The number of nitrogens with zero attached hydrogens (tertiary/aromatic N) is 1. The van der Waals surface area contributed by atoms with Crippen molar-refractivity contribution in [3.05, 3.63) is 22.8 Å². The van der Waals surface area contributed by atoms with Crippen LogP contribution in [0, 0.1) is 0 Å². The molecule has 0 amide bonds. The molecule has 1 unspecified atom stereocenters. The third-order valence-corrected chi connectivity index (χ3v) is 3.31. The minimum absolute atomic E-state index is 0.181. The monoisotopic (exact) mass is 275 g/mol. The summed E-state index contributed by atoms with van der Waals surface area (Å²) < 4.78 is 11.2. The van der Waals surface area contributed by atoms with Gasteiger partial charge in [-0.1, -0.05) is 11.6 Å². The summed E-state index contributed by atoms with van der Waals surface area (Å²) >= 11 is 11.6. The van der Waals surface area contributed by atoms with E-state index < -0.39 is 0 Å². The summed E-state index contributed by atoms with van der Waals surface area (Å²) in [5.41, 5.74) is 0.649. The zero-order valence-corrected chi connectivity index (χ0v) is 11.0. The van der Waals surface area contributed by atoms with Crippen LogP contribution >= 0.6 is 23.2 Å². The van der Waals surface area contributed by atoms with E-state index in [-0.39, 0.29) is 12.0 Å². The third kappa shape index (κ3) is 3.73. The molecule has 1 fully saturated rings. The summed E-state index contributed by atoms with van der Waals surface area (Å²) in [6.45, 7) is 1.37. The van der Waals surface area contributed by atoms with Crippen molar-refractivity contribution in [2.45, 2.75) is 31.2 Å². The zero-order chi connectivity index (χ0) is 12.1. The zero-order valence-electron chi connectivity index (χ0n) is 9.49. The molecule has 1 aromatic heterocycles. The molecule has 94 valence electrons. The lowest BCUT2D eigenvalue weighted by Gasteiger charge is -2.22. The SMILES string of the molecule is ClCc1nc(OCC2CCCCO2)ccc1Cl. The van der Waals surface area contributed by atoms with Gasteiger partial charge < -0.3 is 9.47 Å². The lowest BCUT2D eigenvalue weighted by Crippen LogP contribution is -2.26. The topological polar surface area (TPSA) is 31.4 Å². The Morgan fingerprint density at radius 1 is 1.41 bits per heavy atom. The molecule has 1 aliphatic heterocycles. The first-order valence-corrected chi connectivity index (χ1v) is 6.66. The van der Waals surface area contributed by atoms with Gasteiger partial charge in [-0.2, -0.15) is 0 Å². The summed E-state index contributed by atoms with van der Waals surface area (Å²) in [4.78, 5) is 4.23. The van der Waals surface area contributed by atoms with Gasteiger partial charge in [-0.05, 0) is 25.3 Å². The Morgan fingerprint density at radius 3 is 3.00 bits per heavy atom. The normalized spacial score (nSPS) is 20.2. The predicted molar refractivity (Wildman–Crippen MR) is 67.9 cm³/mol. The average molecular weight is 276 g/mol. The Hall–Kier alpha value is -0.510. The lowest BCUT2D eigenvalue weighted by atomic mass is 10.1. The van der Waals surface area contributed by atoms with Crippen LogP contribution in [0.1, 0.15) is 25.0 Å². The maximum absolute atomic E-state index is 5.92. The Morgan fingerprint density at radius 2 is 2.29 bits per heavy atom. The van der Waals surface area contributed by atoms with Gasteiger partial charge in [-0.3, -0.25) is 0 Å². The number of rotatable bonds is 4. The second-order valence-electron chi connectivity index (χ2n) is 4.01. The maximum atomic E-state index is 5.92. The molecule has 1 aliphatic rings. The molecule has 1 aromatic rings. The number of hydrogen-bond acceptors (Lipinski definition) is 3. The fraction of sp³-hybridized carbons (Fsp3) is 0.583. The molecule has 1 saturated heterocycles. The van der Waals surface area contributed by atoms with E-state index in [1.54, 1.807) is 12.1 Å². The summed E-state index contributed by atoms with van der Waals surface area (Å²) in [5.74, 6) is 0.842. The summed E-state index contributed by atoms with van der Waals surface area (Å²) in [5, 5.41) is 0.571. The first kappa shape index (κ1) is 12.9. The van der Waals surface area contributed by atoms with Crippen molar-refractivity contribution in [1.29, 1.82) is 0 Å². The number of pyridine rings is 1. The Bertz CT molecular complexity index is 368. The molecule has 1 atom stereocenters. The molecule has 0 saturated carbocycles. The van der Waals surface area contributed by atoms with Crippen LogP contribution in [0.15, 0.2) is 12.1 Å². The minimum atomic E-state index is 0.181. The van der Waals surface area contributed by atoms with Gasteiger partial charge >= 0.3 is 0 Å². The smallest absolute Gasteiger partial charge is 0.213 e. The molecular formula is C12H15Cl2NO2. The van der Waals surface area contributed by atoms with Crippen molar-refractivity contribution in [3.63, 3.8) is 0 Å². The van der Waals surface area contributed by atoms with Crippen LogP contribution in [0.3, 0.4) is 0 Å². The second-order valence-corrected chi connectivity index (χ2v) is 4.69. The van der Waals surface area contributed by atoms with Crippen molar-refractivity contribution >= 4 is 23.2 Å². The van der Waals surface area contributed by atoms with E-state index in [0.29, 0.717) is 23.2 Å². The van der Waals surface area contributed by atoms with Crippen molar-refractivity contribution in [3.8, 4) is 5.88 Å². The van der Waals surface area contributed by atoms with Crippen molar-refractivity contribution in [2.24, 2.45) is 0 Å². The van der Waals surface area contributed by atoms with Gasteiger partial charge in [0.1, 0.15) is 6.61 Å². The highest BCUT2D eigenvalue weighted by Crippen LogP contribution is 2.20. The third-order valence-electron chi connectivity index (χ3n) is 2.71. The molecule has 2 heterocycles. The van der Waals surface area contributed by atoms with Crippen LogP contribution in [0.2, 0.25) is 5.02 Å². The quantitative estimate of drug-likeness (QED) is 0.789. The number of aromatic nitrogens is 1. The molecule has 2 rings (SSSR count). The predicted octanol–water partition coefficient (Wildman–Crippen LogP) is 3.42.